The molecule has 3 N–H and O–H groups in total. The van der Waals surface area contributed by atoms with Crippen LogP contribution in [0.2, 0.25) is 0 Å². The number of rotatable bonds is 5. The molecule has 0 rings (SSSR count). The van der Waals surface area contributed by atoms with Crippen LogP contribution in [0.15, 0.2) is 10.4 Å². The first-order valence-corrected chi connectivity index (χ1v) is 3.18. The Balaban J connectivity index is 4.01. The van der Waals surface area contributed by atoms with Gasteiger partial charge in [-0.05, 0) is 6.92 Å². The van der Waals surface area contributed by atoms with Gasteiger partial charge in [-0.15, -0.1) is 0 Å². The van der Waals surface area contributed by atoms with Gasteiger partial charge in [0.05, 0.1) is 0 Å². The second kappa shape index (κ2) is 4.86. The largest absolute Gasteiger partial charge is 0.389 e. The fraction of sp³-hybridized carbons (Fsp3) is 1.00. The van der Waals surface area contributed by atoms with E-state index in [1.807, 2.05) is 0 Å². The standard InChI is InChI=1S/C5H11N3O3/c1-3(6)5(8-11)4(9)2-7-10/h3-5,9H,2,6H2,1H3. The van der Waals surface area contributed by atoms with Gasteiger partial charge in [-0.1, -0.05) is 10.4 Å². The molecule has 11 heavy (non-hydrogen) atoms. The molecule has 0 aliphatic carbocycles. The molecular formula is C5H11N3O3. The van der Waals surface area contributed by atoms with Gasteiger partial charge in [0.1, 0.15) is 18.7 Å². The smallest absolute Gasteiger partial charge is 0.134 e. The number of nitrogens with two attached hydrogens (primary N) is 1. The van der Waals surface area contributed by atoms with Crippen LogP contribution in [0, 0.1) is 9.81 Å². The Kier molecular flexibility index (Phi) is 4.47. The first-order valence-electron chi connectivity index (χ1n) is 3.18. The average molecular weight is 161 g/mol. The Morgan fingerprint density at radius 3 is 2.36 bits per heavy atom. The van der Waals surface area contributed by atoms with Gasteiger partial charge in [-0.25, -0.2) is 0 Å². The number of hydrogen-bond donors (Lipinski definition) is 2. The van der Waals surface area contributed by atoms with Crippen LogP contribution >= 0.6 is 0 Å². The maximum Gasteiger partial charge on any atom is 0.134 e. The molecule has 0 aliphatic rings. The van der Waals surface area contributed by atoms with E-state index in [2.05, 4.69) is 10.4 Å². The van der Waals surface area contributed by atoms with Gasteiger partial charge in [-0.2, -0.15) is 9.81 Å². The molecule has 0 saturated carbocycles. The second-order valence-corrected chi connectivity index (χ2v) is 2.33. The topological polar surface area (TPSA) is 105 Å². The normalized spacial score (nSPS) is 18.5. The molecular weight excluding hydrogens is 150 g/mol. The summed E-state index contributed by atoms with van der Waals surface area (Å²) in [6.07, 6.45) is -1.16. The van der Waals surface area contributed by atoms with Crippen LogP contribution in [0.3, 0.4) is 0 Å². The van der Waals surface area contributed by atoms with Crippen molar-refractivity contribution in [2.24, 2.45) is 16.1 Å². The molecule has 0 spiro atoms. The molecule has 64 valence electrons. The van der Waals surface area contributed by atoms with Crippen LogP contribution in [-0.2, 0) is 0 Å². The fourth-order valence-corrected chi connectivity index (χ4v) is 0.701. The van der Waals surface area contributed by atoms with Gasteiger partial charge >= 0.3 is 0 Å². The van der Waals surface area contributed by atoms with Gasteiger partial charge in [0.25, 0.3) is 0 Å². The van der Waals surface area contributed by atoms with Gasteiger partial charge in [-0.3, -0.25) is 0 Å². The zero-order chi connectivity index (χ0) is 8.85. The lowest BCUT2D eigenvalue weighted by molar-refractivity contribution is 0.143. The molecule has 0 radical (unpaired) electrons. The quantitative estimate of drug-likeness (QED) is 0.535. The summed E-state index contributed by atoms with van der Waals surface area (Å²) in [5.74, 6) is 0. The highest BCUT2D eigenvalue weighted by Gasteiger charge is 2.23. The van der Waals surface area contributed by atoms with Crippen molar-refractivity contribution >= 4 is 0 Å². The molecule has 0 aromatic heterocycles. The Morgan fingerprint density at radius 1 is 1.55 bits per heavy atom. The molecule has 0 saturated heterocycles. The van der Waals surface area contributed by atoms with Crippen molar-refractivity contribution in [1.82, 2.24) is 0 Å². The number of aliphatic hydroxyl groups is 1. The van der Waals surface area contributed by atoms with Crippen molar-refractivity contribution in [3.05, 3.63) is 9.81 Å². The predicted molar refractivity (Wildman–Crippen MR) is 39.9 cm³/mol. The lowest BCUT2D eigenvalue weighted by Gasteiger charge is -2.16. The molecule has 0 amide bonds. The molecule has 6 nitrogen and oxygen atoms in total. The van der Waals surface area contributed by atoms with Crippen molar-refractivity contribution in [3.63, 3.8) is 0 Å². The molecule has 3 atom stereocenters. The Hall–Kier alpha value is -0.880. The third-order valence-corrected chi connectivity index (χ3v) is 1.32. The third-order valence-electron chi connectivity index (χ3n) is 1.32. The molecule has 0 aliphatic heterocycles. The van der Waals surface area contributed by atoms with Crippen LogP contribution in [0.5, 0.6) is 0 Å². The summed E-state index contributed by atoms with van der Waals surface area (Å²) in [6.45, 7) is 1.18. The molecule has 3 unspecified atom stereocenters. The van der Waals surface area contributed by atoms with Crippen molar-refractivity contribution in [3.8, 4) is 0 Å². The van der Waals surface area contributed by atoms with Gasteiger partial charge in [0, 0.05) is 6.04 Å². The van der Waals surface area contributed by atoms with Crippen LogP contribution in [0.1, 0.15) is 6.92 Å². The zero-order valence-corrected chi connectivity index (χ0v) is 6.17. The average Bonchev–Trinajstić information content (AvgIpc) is 1.88. The number of hydrogen-bond acceptors (Lipinski definition) is 6. The predicted octanol–water partition coefficient (Wildman–Crippen LogP) is -0.404. The number of nitroso groups, excluding NO2 is 2. The van der Waals surface area contributed by atoms with Crippen LogP contribution in [0.4, 0.5) is 0 Å². The van der Waals surface area contributed by atoms with Crippen LogP contribution in [-0.4, -0.2) is 29.8 Å². The van der Waals surface area contributed by atoms with E-state index >= 15 is 0 Å². The minimum atomic E-state index is -1.16. The summed E-state index contributed by atoms with van der Waals surface area (Å²) in [5, 5.41) is 14.0. The Bertz CT molecular complexity index is 139. The maximum absolute atomic E-state index is 10.0. The summed E-state index contributed by atoms with van der Waals surface area (Å²) >= 11 is 0. The Morgan fingerprint density at radius 2 is 2.09 bits per heavy atom. The molecule has 0 heterocycles. The lowest BCUT2D eigenvalue weighted by atomic mass is 10.1. The highest BCUT2D eigenvalue weighted by molar-refractivity contribution is 4.83. The lowest BCUT2D eigenvalue weighted by Crippen LogP contribution is -2.40. The summed E-state index contributed by atoms with van der Waals surface area (Å²) in [5.41, 5.74) is 5.28. The number of nitrogens with zero attached hydrogens (tertiary/aromatic N) is 2. The zero-order valence-electron chi connectivity index (χ0n) is 6.17. The Labute approximate surface area is 63.7 Å². The van der Waals surface area contributed by atoms with Crippen LogP contribution < -0.4 is 5.73 Å². The fourth-order valence-electron chi connectivity index (χ4n) is 0.701. The first kappa shape index (κ1) is 10.1. The van der Waals surface area contributed by atoms with E-state index in [9.17, 15) is 9.81 Å². The van der Waals surface area contributed by atoms with Gasteiger partial charge in [0.15, 0.2) is 0 Å². The minimum absolute atomic E-state index is 0.349. The SMILES string of the molecule is CC(N)C(N=O)C(O)CN=O. The third kappa shape index (κ3) is 3.15. The van der Waals surface area contributed by atoms with Crippen molar-refractivity contribution in [2.45, 2.75) is 25.1 Å². The van der Waals surface area contributed by atoms with E-state index in [0.29, 0.717) is 0 Å². The van der Waals surface area contributed by atoms with E-state index in [1.165, 1.54) is 6.92 Å². The minimum Gasteiger partial charge on any atom is -0.389 e. The van der Waals surface area contributed by atoms with E-state index in [1.54, 1.807) is 0 Å². The molecule has 0 aromatic carbocycles. The second-order valence-electron chi connectivity index (χ2n) is 2.33. The van der Waals surface area contributed by atoms with E-state index in [4.69, 9.17) is 10.8 Å². The van der Waals surface area contributed by atoms with E-state index < -0.39 is 18.2 Å². The van der Waals surface area contributed by atoms with Gasteiger partial charge in [0.2, 0.25) is 0 Å². The highest BCUT2D eigenvalue weighted by Crippen LogP contribution is 2.02. The van der Waals surface area contributed by atoms with Crippen LogP contribution in [0.25, 0.3) is 0 Å². The molecule has 6 heteroatoms. The summed E-state index contributed by atoms with van der Waals surface area (Å²) in [6, 6.07) is -1.52. The van der Waals surface area contributed by atoms with Gasteiger partial charge < -0.3 is 10.8 Å². The molecule has 0 bridgehead atoms. The van der Waals surface area contributed by atoms with Crippen molar-refractivity contribution in [1.29, 1.82) is 0 Å². The summed E-state index contributed by atoms with van der Waals surface area (Å²) in [7, 11) is 0. The monoisotopic (exact) mass is 161 g/mol. The van der Waals surface area contributed by atoms with E-state index in [0.717, 1.165) is 0 Å². The van der Waals surface area contributed by atoms with Crippen molar-refractivity contribution in [2.75, 3.05) is 6.54 Å². The molecule has 0 aromatic rings. The van der Waals surface area contributed by atoms with E-state index in [-0.39, 0.29) is 6.54 Å². The molecule has 0 fully saturated rings. The maximum atomic E-state index is 10.0. The highest BCUT2D eigenvalue weighted by atomic mass is 16.3. The number of aliphatic hydroxyl groups excluding tert-OH is 1. The van der Waals surface area contributed by atoms with Crippen molar-refractivity contribution < 1.29 is 5.11 Å². The first-order chi connectivity index (χ1) is 5.13. The summed E-state index contributed by atoms with van der Waals surface area (Å²) < 4.78 is 0. The summed E-state index contributed by atoms with van der Waals surface area (Å²) in [4.78, 5) is 19.7.